The number of carbonyl (C=O) groups excluding carboxylic acids is 1. The molecule has 2 aromatic carbocycles. The van der Waals surface area contributed by atoms with Gasteiger partial charge in [0, 0.05) is 23.6 Å². The molecule has 0 N–H and O–H groups in total. The summed E-state index contributed by atoms with van der Waals surface area (Å²) in [6, 6.07) is 16.0. The highest BCUT2D eigenvalue weighted by Crippen LogP contribution is 2.45. The average molecular weight is 299 g/mol. The molecule has 1 heterocycles. The fourth-order valence-corrected chi connectivity index (χ4v) is 3.77. The second-order valence-electron chi connectivity index (χ2n) is 5.00. The molecule has 1 atom stereocenters. The molecule has 108 valence electrons. The van der Waals surface area contributed by atoms with Crippen molar-refractivity contribution in [2.24, 2.45) is 0 Å². The predicted octanol–water partition coefficient (Wildman–Crippen LogP) is 3.90. The second-order valence-corrected chi connectivity index (χ2v) is 6.25. The van der Waals surface area contributed by atoms with Crippen molar-refractivity contribution in [3.05, 3.63) is 54.1 Å². The zero-order valence-electron chi connectivity index (χ0n) is 12.1. The van der Waals surface area contributed by atoms with Gasteiger partial charge in [-0.15, -0.1) is 11.8 Å². The summed E-state index contributed by atoms with van der Waals surface area (Å²) in [5, 5.41) is 0.134. The van der Waals surface area contributed by atoms with E-state index >= 15 is 0 Å². The van der Waals surface area contributed by atoms with Crippen LogP contribution in [0.25, 0.3) is 0 Å². The van der Waals surface area contributed by atoms with Crippen molar-refractivity contribution in [2.75, 3.05) is 19.1 Å². The third-order valence-electron chi connectivity index (χ3n) is 3.72. The monoisotopic (exact) mass is 299 g/mol. The summed E-state index contributed by atoms with van der Waals surface area (Å²) in [6.45, 7) is 0. The number of rotatable bonds is 2. The summed E-state index contributed by atoms with van der Waals surface area (Å²) in [5.41, 5.74) is 2.14. The van der Waals surface area contributed by atoms with Crippen LogP contribution < -0.4 is 9.64 Å². The van der Waals surface area contributed by atoms with E-state index < -0.39 is 0 Å². The Morgan fingerprint density at radius 2 is 1.86 bits per heavy atom. The molecule has 0 aliphatic carbocycles. The second kappa shape index (κ2) is 5.82. The molecule has 0 saturated heterocycles. The molecule has 1 aliphatic rings. The number of amides is 1. The van der Waals surface area contributed by atoms with Gasteiger partial charge in [-0.05, 0) is 29.8 Å². The Labute approximate surface area is 128 Å². The van der Waals surface area contributed by atoms with Crippen molar-refractivity contribution >= 4 is 23.4 Å². The molecule has 0 unspecified atom stereocenters. The molecule has 1 amide bonds. The zero-order chi connectivity index (χ0) is 14.8. The SMILES string of the molecule is COc1ccc([C@@H]2CC(=O)N(C)c3ccccc3S2)cc1. The van der Waals surface area contributed by atoms with Crippen LogP contribution in [0.2, 0.25) is 0 Å². The highest BCUT2D eigenvalue weighted by atomic mass is 32.2. The van der Waals surface area contributed by atoms with E-state index in [1.165, 1.54) is 0 Å². The summed E-state index contributed by atoms with van der Waals surface area (Å²) in [6.07, 6.45) is 0.502. The van der Waals surface area contributed by atoms with Crippen LogP contribution in [0.1, 0.15) is 17.2 Å². The van der Waals surface area contributed by atoms with Gasteiger partial charge in [0.1, 0.15) is 5.75 Å². The summed E-state index contributed by atoms with van der Waals surface area (Å²) in [4.78, 5) is 15.3. The van der Waals surface area contributed by atoms with Crippen molar-refractivity contribution < 1.29 is 9.53 Å². The van der Waals surface area contributed by atoms with Crippen LogP contribution in [0.5, 0.6) is 5.75 Å². The minimum absolute atomic E-state index is 0.134. The Bertz CT molecular complexity index is 654. The Hall–Kier alpha value is -1.94. The lowest BCUT2D eigenvalue weighted by molar-refractivity contribution is -0.118. The highest BCUT2D eigenvalue weighted by molar-refractivity contribution is 7.99. The van der Waals surface area contributed by atoms with E-state index in [4.69, 9.17) is 4.74 Å². The van der Waals surface area contributed by atoms with Gasteiger partial charge in [0.15, 0.2) is 0 Å². The van der Waals surface area contributed by atoms with Gasteiger partial charge in [0.05, 0.1) is 12.8 Å². The molecule has 0 fully saturated rings. The minimum atomic E-state index is 0.134. The zero-order valence-corrected chi connectivity index (χ0v) is 12.9. The summed E-state index contributed by atoms with van der Waals surface area (Å²) >= 11 is 1.75. The van der Waals surface area contributed by atoms with Gasteiger partial charge in [0.25, 0.3) is 0 Å². The van der Waals surface area contributed by atoms with Crippen molar-refractivity contribution in [3.8, 4) is 5.75 Å². The van der Waals surface area contributed by atoms with Crippen molar-refractivity contribution in [1.82, 2.24) is 0 Å². The van der Waals surface area contributed by atoms with Crippen LogP contribution in [-0.4, -0.2) is 20.1 Å². The first-order valence-electron chi connectivity index (χ1n) is 6.85. The molecule has 0 spiro atoms. The Morgan fingerprint density at radius 3 is 2.57 bits per heavy atom. The molecule has 3 rings (SSSR count). The Balaban J connectivity index is 1.95. The number of fused-ring (bicyclic) bond motifs is 1. The number of para-hydroxylation sites is 1. The van der Waals surface area contributed by atoms with Gasteiger partial charge in [-0.25, -0.2) is 0 Å². The van der Waals surface area contributed by atoms with Crippen LogP contribution in [0.15, 0.2) is 53.4 Å². The molecule has 0 radical (unpaired) electrons. The lowest BCUT2D eigenvalue weighted by atomic mass is 10.1. The third-order valence-corrected chi connectivity index (χ3v) is 5.04. The van der Waals surface area contributed by atoms with Crippen LogP contribution >= 0.6 is 11.8 Å². The van der Waals surface area contributed by atoms with Gasteiger partial charge in [-0.1, -0.05) is 24.3 Å². The maximum absolute atomic E-state index is 12.4. The van der Waals surface area contributed by atoms with E-state index in [1.54, 1.807) is 23.8 Å². The topological polar surface area (TPSA) is 29.5 Å². The Morgan fingerprint density at radius 1 is 1.14 bits per heavy atom. The fourth-order valence-electron chi connectivity index (χ4n) is 2.46. The van der Waals surface area contributed by atoms with Gasteiger partial charge < -0.3 is 9.64 Å². The highest BCUT2D eigenvalue weighted by Gasteiger charge is 2.26. The van der Waals surface area contributed by atoms with Gasteiger partial charge in [-0.2, -0.15) is 0 Å². The fraction of sp³-hybridized carbons (Fsp3) is 0.235. The maximum Gasteiger partial charge on any atom is 0.228 e. The van der Waals surface area contributed by atoms with E-state index in [1.807, 2.05) is 49.5 Å². The van der Waals surface area contributed by atoms with Crippen molar-refractivity contribution in [2.45, 2.75) is 16.6 Å². The first kappa shape index (κ1) is 14.0. The van der Waals surface area contributed by atoms with Gasteiger partial charge >= 0.3 is 0 Å². The smallest absolute Gasteiger partial charge is 0.228 e. The number of methoxy groups -OCH3 is 1. The number of thioether (sulfide) groups is 1. The number of carbonyl (C=O) groups is 1. The molecule has 1 aliphatic heterocycles. The molecule has 21 heavy (non-hydrogen) atoms. The van der Waals surface area contributed by atoms with Crippen molar-refractivity contribution in [1.29, 1.82) is 0 Å². The number of nitrogens with zero attached hydrogens (tertiary/aromatic N) is 1. The Kier molecular flexibility index (Phi) is 3.88. The van der Waals surface area contributed by atoms with Crippen LogP contribution in [0, 0.1) is 0 Å². The van der Waals surface area contributed by atoms with Crippen LogP contribution in [-0.2, 0) is 4.79 Å². The van der Waals surface area contributed by atoms with E-state index in [0.29, 0.717) is 6.42 Å². The molecule has 0 aromatic heterocycles. The van der Waals surface area contributed by atoms with E-state index in [2.05, 4.69) is 6.07 Å². The molecule has 4 heteroatoms. The maximum atomic E-state index is 12.4. The third kappa shape index (κ3) is 2.76. The largest absolute Gasteiger partial charge is 0.497 e. The van der Waals surface area contributed by atoms with E-state index in [9.17, 15) is 4.79 Å². The molecule has 3 nitrogen and oxygen atoms in total. The first-order valence-corrected chi connectivity index (χ1v) is 7.73. The van der Waals surface area contributed by atoms with E-state index in [0.717, 1.165) is 21.9 Å². The molecule has 0 bridgehead atoms. The lowest BCUT2D eigenvalue weighted by Crippen LogP contribution is -2.25. The number of anilines is 1. The average Bonchev–Trinajstić information content (AvgIpc) is 2.65. The quantitative estimate of drug-likeness (QED) is 0.842. The van der Waals surface area contributed by atoms with Crippen LogP contribution in [0.4, 0.5) is 5.69 Å². The van der Waals surface area contributed by atoms with Crippen molar-refractivity contribution in [3.63, 3.8) is 0 Å². The summed E-state index contributed by atoms with van der Waals surface area (Å²) in [5.74, 6) is 0.981. The van der Waals surface area contributed by atoms with Crippen LogP contribution in [0.3, 0.4) is 0 Å². The lowest BCUT2D eigenvalue weighted by Gasteiger charge is -2.16. The summed E-state index contributed by atoms with van der Waals surface area (Å²) in [7, 11) is 3.50. The van der Waals surface area contributed by atoms with Gasteiger partial charge in [-0.3, -0.25) is 4.79 Å². The normalized spacial score (nSPS) is 18.1. The molecular formula is C17H17NO2S. The molecule has 0 saturated carbocycles. The molecular weight excluding hydrogens is 282 g/mol. The predicted molar refractivity (Wildman–Crippen MR) is 86.1 cm³/mol. The van der Waals surface area contributed by atoms with Gasteiger partial charge in [0.2, 0.25) is 5.91 Å². The standard InChI is InChI=1S/C17H17NO2S/c1-18-14-5-3-4-6-15(14)21-16(11-17(18)19)12-7-9-13(20-2)10-8-12/h3-10,16H,11H2,1-2H3/t16-/m0/s1. The summed E-state index contributed by atoms with van der Waals surface area (Å²) < 4.78 is 5.19. The number of ether oxygens (including phenoxy) is 1. The first-order chi connectivity index (χ1) is 10.2. The minimum Gasteiger partial charge on any atom is -0.497 e. The number of benzene rings is 2. The number of hydrogen-bond acceptors (Lipinski definition) is 3. The number of hydrogen-bond donors (Lipinski definition) is 0. The van der Waals surface area contributed by atoms with E-state index in [-0.39, 0.29) is 11.2 Å². The molecule has 2 aromatic rings.